The van der Waals surface area contributed by atoms with Gasteiger partial charge in [0.1, 0.15) is 0 Å². The molecule has 7 nitrogen and oxygen atoms in total. The van der Waals surface area contributed by atoms with Gasteiger partial charge in [0.05, 0.1) is 27.5 Å². The van der Waals surface area contributed by atoms with Crippen molar-refractivity contribution in [2.75, 3.05) is 11.3 Å². The van der Waals surface area contributed by atoms with Crippen LogP contribution in [0.4, 0.5) is 5.69 Å². The summed E-state index contributed by atoms with van der Waals surface area (Å²) in [5.41, 5.74) is 1.48. The minimum Gasteiger partial charge on any atom is -0.351 e. The first-order chi connectivity index (χ1) is 15.3. The number of carbonyl (C=O) groups is 1. The fourth-order valence-corrected chi connectivity index (χ4v) is 5.49. The maximum absolute atomic E-state index is 13.1. The lowest BCUT2D eigenvalue weighted by molar-refractivity contribution is 0.0952. The number of halogens is 1. The van der Waals surface area contributed by atoms with E-state index in [0.29, 0.717) is 21.1 Å². The summed E-state index contributed by atoms with van der Waals surface area (Å²) in [6.45, 7) is 2.43. The molecule has 0 fully saturated rings. The number of benzene rings is 2. The fourth-order valence-electron chi connectivity index (χ4n) is 3.22. The highest BCUT2D eigenvalue weighted by Gasteiger charge is 2.23. The summed E-state index contributed by atoms with van der Waals surface area (Å²) in [6.07, 6.45) is 2.90. The monoisotopic (exact) mass is 530 g/mol. The molecule has 1 unspecified atom stereocenters. The van der Waals surface area contributed by atoms with Gasteiger partial charge >= 0.3 is 0 Å². The molecule has 2 aromatic heterocycles. The van der Waals surface area contributed by atoms with Crippen LogP contribution in [0.15, 0.2) is 76.5 Å². The van der Waals surface area contributed by atoms with Crippen LogP contribution in [-0.4, -0.2) is 30.2 Å². The van der Waals surface area contributed by atoms with Crippen molar-refractivity contribution >= 4 is 59.2 Å². The number of hydrogen-bond acceptors (Lipinski definition) is 6. The molecule has 2 N–H and O–H groups in total. The van der Waals surface area contributed by atoms with Crippen molar-refractivity contribution in [3.05, 3.63) is 82.6 Å². The Morgan fingerprint density at radius 3 is 2.72 bits per heavy atom. The lowest BCUT2D eigenvalue weighted by Gasteiger charge is -2.16. The molecule has 1 amide bonds. The van der Waals surface area contributed by atoms with Gasteiger partial charge in [0.15, 0.2) is 5.03 Å². The Morgan fingerprint density at radius 2 is 1.94 bits per heavy atom. The third kappa shape index (κ3) is 4.82. The highest BCUT2D eigenvalue weighted by atomic mass is 79.9. The van der Waals surface area contributed by atoms with Crippen LogP contribution in [0.1, 0.15) is 28.8 Å². The van der Waals surface area contributed by atoms with E-state index in [2.05, 4.69) is 35.3 Å². The summed E-state index contributed by atoms with van der Waals surface area (Å²) in [5, 5.41) is 3.20. The Labute approximate surface area is 198 Å². The van der Waals surface area contributed by atoms with E-state index in [4.69, 9.17) is 0 Å². The van der Waals surface area contributed by atoms with E-state index < -0.39 is 10.0 Å². The van der Waals surface area contributed by atoms with Crippen LogP contribution in [0, 0.1) is 0 Å². The Bertz CT molecular complexity index is 1370. The second-order valence-corrected chi connectivity index (χ2v) is 10.5. The molecule has 2 heterocycles. The van der Waals surface area contributed by atoms with Gasteiger partial charge < -0.3 is 5.32 Å². The number of sulfonamides is 1. The third-order valence-corrected chi connectivity index (χ3v) is 7.49. The molecule has 10 heteroatoms. The quantitative estimate of drug-likeness (QED) is 0.357. The maximum atomic E-state index is 13.1. The van der Waals surface area contributed by atoms with Gasteiger partial charge in [0, 0.05) is 17.2 Å². The van der Waals surface area contributed by atoms with Gasteiger partial charge in [-0.25, -0.2) is 4.98 Å². The topological polar surface area (TPSA) is 101 Å². The molecule has 0 aliphatic rings. The van der Waals surface area contributed by atoms with Crippen molar-refractivity contribution in [2.24, 2.45) is 0 Å². The van der Waals surface area contributed by atoms with Crippen molar-refractivity contribution < 1.29 is 13.2 Å². The zero-order chi connectivity index (χ0) is 22.7. The van der Waals surface area contributed by atoms with Gasteiger partial charge in [-0.1, -0.05) is 53.2 Å². The van der Waals surface area contributed by atoms with Crippen molar-refractivity contribution in [3.63, 3.8) is 0 Å². The zero-order valence-corrected chi connectivity index (χ0v) is 20.2. The Hall–Kier alpha value is -2.82. The van der Waals surface area contributed by atoms with Gasteiger partial charge in [-0.15, -0.1) is 0 Å². The summed E-state index contributed by atoms with van der Waals surface area (Å²) >= 11 is 4.53. The first kappa shape index (κ1) is 22.4. The highest BCUT2D eigenvalue weighted by molar-refractivity contribution is 9.10. The number of rotatable bonds is 7. The van der Waals surface area contributed by atoms with Crippen molar-refractivity contribution in [3.8, 4) is 0 Å². The molecule has 2 aromatic carbocycles. The van der Waals surface area contributed by atoms with E-state index in [1.807, 2.05) is 37.3 Å². The number of aromatic nitrogens is 2. The maximum Gasteiger partial charge on any atom is 0.280 e. The number of nitrogens with one attached hydrogen (secondary N) is 2. The van der Waals surface area contributed by atoms with Crippen LogP contribution in [-0.2, 0) is 10.0 Å². The standard InChI is InChI=1S/C22H19BrN4O3S2/c1-14(15-5-3-2-4-6-15)12-25-21(28)17-8-7-16(23)11-19(17)27-32(29,30)22-18-13-26-31-20(18)9-10-24-22/h2-11,13-14,27H,12H2,1H3,(H,25,28). The first-order valence-corrected chi connectivity index (χ1v) is 12.7. The molecule has 0 aliphatic heterocycles. The number of nitrogens with zero attached hydrogens (tertiary/aromatic N) is 2. The molecule has 0 bridgehead atoms. The van der Waals surface area contributed by atoms with Gasteiger partial charge in [0.2, 0.25) is 0 Å². The zero-order valence-electron chi connectivity index (χ0n) is 16.9. The number of carbonyl (C=O) groups excluding carboxylic acids is 1. The molecule has 1 atom stereocenters. The minimum atomic E-state index is -4.05. The molecule has 164 valence electrons. The molecular formula is C22H19BrN4O3S2. The van der Waals surface area contributed by atoms with Crippen LogP contribution in [0.3, 0.4) is 0 Å². The predicted octanol–water partition coefficient (Wildman–Crippen LogP) is 4.79. The number of fused-ring (bicyclic) bond motifs is 1. The summed E-state index contributed by atoms with van der Waals surface area (Å²) < 4.78 is 34.1. The largest absolute Gasteiger partial charge is 0.351 e. The number of pyridine rings is 1. The van der Waals surface area contributed by atoms with Crippen LogP contribution < -0.4 is 10.0 Å². The van der Waals surface area contributed by atoms with Gasteiger partial charge in [-0.2, -0.15) is 12.8 Å². The van der Waals surface area contributed by atoms with Crippen LogP contribution in [0.2, 0.25) is 0 Å². The van der Waals surface area contributed by atoms with Crippen LogP contribution in [0.25, 0.3) is 10.1 Å². The van der Waals surface area contributed by atoms with Crippen LogP contribution in [0.5, 0.6) is 0 Å². The van der Waals surface area contributed by atoms with E-state index in [1.165, 1.54) is 23.9 Å². The molecule has 0 spiro atoms. The van der Waals surface area contributed by atoms with Gasteiger partial charge in [-0.3, -0.25) is 9.52 Å². The number of hydrogen-bond donors (Lipinski definition) is 2. The average molecular weight is 531 g/mol. The van der Waals surface area contributed by atoms with Gasteiger partial charge in [0.25, 0.3) is 15.9 Å². The SMILES string of the molecule is CC(CNC(=O)c1ccc(Br)cc1NS(=O)(=O)c1nccc2sncc12)c1ccccc1. The second kappa shape index (κ2) is 9.35. The smallest absolute Gasteiger partial charge is 0.280 e. The number of amides is 1. The lowest BCUT2D eigenvalue weighted by atomic mass is 10.0. The molecule has 0 radical (unpaired) electrons. The fraction of sp³-hybridized carbons (Fsp3) is 0.136. The molecular weight excluding hydrogens is 512 g/mol. The Morgan fingerprint density at radius 1 is 1.16 bits per heavy atom. The van der Waals surface area contributed by atoms with Gasteiger partial charge in [-0.05, 0) is 47.3 Å². The predicted molar refractivity (Wildman–Crippen MR) is 130 cm³/mol. The lowest BCUT2D eigenvalue weighted by Crippen LogP contribution is -2.28. The van der Waals surface area contributed by atoms with E-state index in [0.717, 1.165) is 5.56 Å². The summed E-state index contributed by atoms with van der Waals surface area (Å²) in [5.74, 6) is -0.273. The van der Waals surface area contributed by atoms with Crippen molar-refractivity contribution in [2.45, 2.75) is 17.9 Å². The molecule has 32 heavy (non-hydrogen) atoms. The van der Waals surface area contributed by atoms with E-state index in [-0.39, 0.29) is 28.1 Å². The Kier molecular flexibility index (Phi) is 6.54. The summed E-state index contributed by atoms with van der Waals surface area (Å²) in [7, 11) is -4.05. The normalized spacial score (nSPS) is 12.4. The first-order valence-electron chi connectivity index (χ1n) is 9.70. The second-order valence-electron chi connectivity index (χ2n) is 7.17. The van der Waals surface area contributed by atoms with E-state index >= 15 is 0 Å². The highest BCUT2D eigenvalue weighted by Crippen LogP contribution is 2.28. The van der Waals surface area contributed by atoms with E-state index in [9.17, 15) is 13.2 Å². The average Bonchev–Trinajstić information content (AvgIpc) is 3.26. The molecule has 0 saturated heterocycles. The van der Waals surface area contributed by atoms with E-state index in [1.54, 1.807) is 24.3 Å². The molecule has 0 aliphatic carbocycles. The minimum absolute atomic E-state index is 0.101. The summed E-state index contributed by atoms with van der Waals surface area (Å²) in [6, 6.07) is 16.4. The van der Waals surface area contributed by atoms with Crippen LogP contribution >= 0.6 is 27.5 Å². The van der Waals surface area contributed by atoms with Crippen molar-refractivity contribution in [1.29, 1.82) is 0 Å². The number of anilines is 1. The Balaban J connectivity index is 1.58. The summed E-state index contributed by atoms with van der Waals surface area (Å²) in [4.78, 5) is 17.0. The molecule has 0 saturated carbocycles. The van der Waals surface area contributed by atoms with Crippen molar-refractivity contribution in [1.82, 2.24) is 14.7 Å². The third-order valence-electron chi connectivity index (χ3n) is 4.91. The molecule has 4 rings (SSSR count). The molecule has 4 aromatic rings.